The molecular formula is C16H27NO3. The number of rotatable bonds is 3. The van der Waals surface area contributed by atoms with E-state index in [1.54, 1.807) is 0 Å². The summed E-state index contributed by atoms with van der Waals surface area (Å²) in [5.74, 6) is -1.06. The average molecular weight is 281 g/mol. The molecule has 2 unspecified atom stereocenters. The van der Waals surface area contributed by atoms with E-state index in [1.165, 1.54) is 12.8 Å². The van der Waals surface area contributed by atoms with Crippen LogP contribution in [0.5, 0.6) is 0 Å². The van der Waals surface area contributed by atoms with Crippen molar-refractivity contribution in [1.29, 1.82) is 0 Å². The zero-order chi connectivity index (χ0) is 14.7. The van der Waals surface area contributed by atoms with Gasteiger partial charge < -0.3 is 10.0 Å². The molecule has 0 bridgehead atoms. The van der Waals surface area contributed by atoms with Crippen LogP contribution >= 0.6 is 0 Å². The maximum Gasteiger partial charge on any atom is 0.307 e. The molecule has 20 heavy (non-hydrogen) atoms. The molecule has 0 radical (unpaired) electrons. The average Bonchev–Trinajstić information content (AvgIpc) is 2.75. The molecule has 2 aliphatic rings. The first-order valence-electron chi connectivity index (χ1n) is 8.07. The van der Waals surface area contributed by atoms with Crippen molar-refractivity contribution >= 4 is 11.9 Å². The van der Waals surface area contributed by atoms with E-state index >= 15 is 0 Å². The first-order chi connectivity index (χ1) is 9.54. The molecule has 2 fully saturated rings. The van der Waals surface area contributed by atoms with Gasteiger partial charge in [0.1, 0.15) is 0 Å². The SMILES string of the molecule is CCC1C[C@H](C(=O)N2CCCCCC2C)[C@H](C(=O)O)C1. The molecule has 4 heteroatoms. The van der Waals surface area contributed by atoms with E-state index in [0.717, 1.165) is 32.2 Å². The molecule has 0 aromatic rings. The van der Waals surface area contributed by atoms with E-state index in [9.17, 15) is 14.7 Å². The predicted octanol–water partition coefficient (Wildman–Crippen LogP) is 2.91. The number of carboxylic acids is 1. The minimum atomic E-state index is -0.790. The lowest BCUT2D eigenvalue weighted by atomic mass is 9.94. The highest BCUT2D eigenvalue weighted by atomic mass is 16.4. The minimum absolute atomic E-state index is 0.0998. The zero-order valence-corrected chi connectivity index (χ0v) is 12.7. The van der Waals surface area contributed by atoms with Crippen molar-refractivity contribution in [3.63, 3.8) is 0 Å². The fourth-order valence-electron chi connectivity index (χ4n) is 3.84. The van der Waals surface area contributed by atoms with E-state index in [2.05, 4.69) is 13.8 Å². The zero-order valence-electron chi connectivity index (χ0n) is 12.7. The van der Waals surface area contributed by atoms with E-state index in [-0.39, 0.29) is 17.9 Å². The van der Waals surface area contributed by atoms with Crippen LogP contribution in [0.25, 0.3) is 0 Å². The van der Waals surface area contributed by atoms with Gasteiger partial charge in [-0.1, -0.05) is 26.2 Å². The summed E-state index contributed by atoms with van der Waals surface area (Å²) in [6.45, 7) is 5.00. The number of carboxylic acid groups (broad SMARTS) is 1. The lowest BCUT2D eigenvalue weighted by Gasteiger charge is -2.31. The molecule has 1 amide bonds. The highest BCUT2D eigenvalue weighted by Crippen LogP contribution is 2.40. The van der Waals surface area contributed by atoms with E-state index in [1.807, 2.05) is 4.90 Å². The number of carbonyl (C=O) groups is 2. The Morgan fingerprint density at radius 2 is 1.85 bits per heavy atom. The highest BCUT2D eigenvalue weighted by molar-refractivity contribution is 5.85. The van der Waals surface area contributed by atoms with Gasteiger partial charge >= 0.3 is 5.97 Å². The monoisotopic (exact) mass is 281 g/mol. The highest BCUT2D eigenvalue weighted by Gasteiger charge is 2.44. The van der Waals surface area contributed by atoms with E-state index < -0.39 is 11.9 Å². The molecule has 1 N–H and O–H groups in total. The molecule has 4 nitrogen and oxygen atoms in total. The largest absolute Gasteiger partial charge is 0.481 e. The molecule has 114 valence electrons. The summed E-state index contributed by atoms with van der Waals surface area (Å²) in [6, 6.07) is 0.264. The lowest BCUT2D eigenvalue weighted by Crippen LogP contribution is -2.44. The summed E-state index contributed by atoms with van der Waals surface area (Å²) in [4.78, 5) is 26.2. The Morgan fingerprint density at radius 3 is 2.50 bits per heavy atom. The Kier molecular flexibility index (Phi) is 5.06. The molecule has 0 aromatic heterocycles. The van der Waals surface area contributed by atoms with Gasteiger partial charge in [-0.25, -0.2) is 0 Å². The summed E-state index contributed by atoms with van der Waals surface area (Å²) >= 11 is 0. The van der Waals surface area contributed by atoms with Crippen LogP contribution < -0.4 is 0 Å². The van der Waals surface area contributed by atoms with Crippen LogP contribution in [0.15, 0.2) is 0 Å². The summed E-state index contributed by atoms with van der Waals surface area (Å²) < 4.78 is 0. The Bertz CT molecular complexity index is 369. The summed E-state index contributed by atoms with van der Waals surface area (Å²) in [6.07, 6.45) is 6.86. The second-order valence-corrected chi connectivity index (χ2v) is 6.53. The van der Waals surface area contributed by atoms with E-state index in [0.29, 0.717) is 12.3 Å². The number of carbonyl (C=O) groups excluding carboxylic acids is 1. The minimum Gasteiger partial charge on any atom is -0.481 e. The number of likely N-dealkylation sites (tertiary alicyclic amines) is 1. The van der Waals surface area contributed by atoms with Gasteiger partial charge in [0.2, 0.25) is 5.91 Å². The van der Waals surface area contributed by atoms with Crippen LogP contribution in [-0.2, 0) is 9.59 Å². The van der Waals surface area contributed by atoms with Gasteiger partial charge in [-0.3, -0.25) is 9.59 Å². The third-order valence-electron chi connectivity index (χ3n) is 5.21. The molecule has 1 saturated heterocycles. The number of aliphatic carboxylic acids is 1. The Hall–Kier alpha value is -1.06. The molecule has 1 saturated carbocycles. The van der Waals surface area contributed by atoms with Crippen molar-refractivity contribution in [2.24, 2.45) is 17.8 Å². The molecule has 2 rings (SSSR count). The fraction of sp³-hybridized carbons (Fsp3) is 0.875. The quantitative estimate of drug-likeness (QED) is 0.865. The van der Waals surface area contributed by atoms with Crippen LogP contribution in [-0.4, -0.2) is 34.5 Å². The van der Waals surface area contributed by atoms with Crippen LogP contribution in [0, 0.1) is 17.8 Å². The smallest absolute Gasteiger partial charge is 0.307 e. The van der Waals surface area contributed by atoms with Crippen molar-refractivity contribution in [2.75, 3.05) is 6.54 Å². The topological polar surface area (TPSA) is 57.6 Å². The van der Waals surface area contributed by atoms with Gasteiger partial charge in [-0.15, -0.1) is 0 Å². The van der Waals surface area contributed by atoms with Gasteiger partial charge in [0.15, 0.2) is 0 Å². The Morgan fingerprint density at radius 1 is 1.15 bits per heavy atom. The third kappa shape index (κ3) is 3.15. The van der Waals surface area contributed by atoms with Crippen molar-refractivity contribution in [3.8, 4) is 0 Å². The molecular weight excluding hydrogens is 254 g/mol. The third-order valence-corrected chi connectivity index (χ3v) is 5.21. The molecule has 1 aliphatic heterocycles. The summed E-state index contributed by atoms with van der Waals surface area (Å²) in [5.41, 5.74) is 0. The Labute approximate surface area is 121 Å². The summed E-state index contributed by atoms with van der Waals surface area (Å²) in [5, 5.41) is 9.39. The molecule has 4 atom stereocenters. The summed E-state index contributed by atoms with van der Waals surface area (Å²) in [7, 11) is 0. The van der Waals surface area contributed by atoms with Crippen LogP contribution in [0.1, 0.15) is 58.8 Å². The molecule has 0 aromatic carbocycles. The molecule has 0 spiro atoms. The van der Waals surface area contributed by atoms with Gasteiger partial charge in [-0.05, 0) is 38.5 Å². The number of nitrogens with zero attached hydrogens (tertiary/aromatic N) is 1. The number of hydrogen-bond donors (Lipinski definition) is 1. The van der Waals surface area contributed by atoms with Crippen LogP contribution in [0.4, 0.5) is 0 Å². The van der Waals surface area contributed by atoms with Crippen molar-refractivity contribution in [3.05, 3.63) is 0 Å². The van der Waals surface area contributed by atoms with Gasteiger partial charge in [0.05, 0.1) is 11.8 Å². The van der Waals surface area contributed by atoms with Crippen molar-refractivity contribution in [1.82, 2.24) is 4.90 Å². The standard InChI is InChI=1S/C16H27NO3/c1-3-12-9-13(14(10-12)16(19)20)15(18)17-8-6-4-5-7-11(17)2/h11-14H,3-10H2,1-2H3,(H,19,20)/t11?,12?,13-,14+/m0/s1. The van der Waals surface area contributed by atoms with Gasteiger partial charge in [-0.2, -0.15) is 0 Å². The normalized spacial score (nSPS) is 34.8. The first-order valence-corrected chi connectivity index (χ1v) is 8.07. The number of hydrogen-bond acceptors (Lipinski definition) is 2. The molecule has 1 heterocycles. The van der Waals surface area contributed by atoms with E-state index in [4.69, 9.17) is 0 Å². The van der Waals surface area contributed by atoms with Crippen molar-refractivity contribution < 1.29 is 14.7 Å². The van der Waals surface area contributed by atoms with Crippen LogP contribution in [0.3, 0.4) is 0 Å². The maximum absolute atomic E-state index is 12.8. The number of amides is 1. The van der Waals surface area contributed by atoms with Gasteiger partial charge in [0.25, 0.3) is 0 Å². The second kappa shape index (κ2) is 6.59. The lowest BCUT2D eigenvalue weighted by molar-refractivity contribution is -0.150. The van der Waals surface area contributed by atoms with Gasteiger partial charge in [0, 0.05) is 12.6 Å². The predicted molar refractivity (Wildman–Crippen MR) is 77.3 cm³/mol. The van der Waals surface area contributed by atoms with Crippen molar-refractivity contribution in [2.45, 2.75) is 64.8 Å². The molecule has 1 aliphatic carbocycles. The second-order valence-electron chi connectivity index (χ2n) is 6.53. The maximum atomic E-state index is 12.8. The van der Waals surface area contributed by atoms with Crippen LogP contribution in [0.2, 0.25) is 0 Å². The first kappa shape index (κ1) is 15.3. The Balaban J connectivity index is 2.11. The fourth-order valence-corrected chi connectivity index (χ4v) is 3.84.